The number of carbonyl (C=O) groups is 2. The van der Waals surface area contributed by atoms with Crippen molar-refractivity contribution in [2.24, 2.45) is 0 Å². The van der Waals surface area contributed by atoms with Gasteiger partial charge in [0.25, 0.3) is 11.6 Å². The largest absolute Gasteiger partial charge is 0.450 e. The second kappa shape index (κ2) is 9.57. The smallest absolute Gasteiger partial charge is 0.409 e. The van der Waals surface area contributed by atoms with Gasteiger partial charge in [0.2, 0.25) is 0 Å². The van der Waals surface area contributed by atoms with Crippen LogP contribution in [0.2, 0.25) is 5.02 Å². The van der Waals surface area contributed by atoms with Crippen molar-refractivity contribution in [3.63, 3.8) is 0 Å². The number of halogens is 1. The van der Waals surface area contributed by atoms with Crippen LogP contribution in [0.5, 0.6) is 0 Å². The van der Waals surface area contributed by atoms with Gasteiger partial charge in [-0.3, -0.25) is 14.9 Å². The number of rotatable bonds is 5. The molecule has 0 unspecified atom stereocenters. The molecule has 0 aromatic heterocycles. The zero-order valence-corrected chi connectivity index (χ0v) is 15.8. The van der Waals surface area contributed by atoms with Crippen LogP contribution < -0.4 is 5.32 Å². The minimum atomic E-state index is -0.702. The molecule has 2 amide bonds. The number of hydrogen-bond acceptors (Lipinski definition) is 7. The maximum atomic E-state index is 12.3. The molecule has 2 rings (SSSR count). The molecule has 0 radical (unpaired) electrons. The Morgan fingerprint density at radius 3 is 2.64 bits per heavy atom. The van der Waals surface area contributed by atoms with Crippen LogP contribution in [0, 0.1) is 21.4 Å². The number of anilines is 1. The van der Waals surface area contributed by atoms with E-state index >= 15 is 0 Å². The number of nitro groups is 1. The Hall–Kier alpha value is -3.32. The normalized spacial score (nSPS) is 14.2. The molecule has 0 bridgehead atoms. The van der Waals surface area contributed by atoms with Crippen molar-refractivity contribution in [1.29, 1.82) is 5.26 Å². The topological polar surface area (TPSA) is 129 Å². The SMILES string of the molecule is CCOC(=O)N1CCN(/C=C(/C#N)C(=O)Nc2ccc(Cl)c([N+](=O)[O-])c2)CC1. The summed E-state index contributed by atoms with van der Waals surface area (Å²) in [7, 11) is 0. The van der Waals surface area contributed by atoms with Gasteiger partial charge in [-0.1, -0.05) is 11.6 Å². The van der Waals surface area contributed by atoms with E-state index in [-0.39, 0.29) is 22.0 Å². The summed E-state index contributed by atoms with van der Waals surface area (Å²) < 4.78 is 4.94. The molecule has 1 N–H and O–H groups in total. The average Bonchev–Trinajstić information content (AvgIpc) is 2.67. The number of nitrogens with one attached hydrogen (secondary N) is 1. The fraction of sp³-hybridized carbons (Fsp3) is 0.353. The first-order valence-electron chi connectivity index (χ1n) is 8.38. The highest BCUT2D eigenvalue weighted by Crippen LogP contribution is 2.27. The zero-order valence-electron chi connectivity index (χ0n) is 15.1. The molecule has 0 aliphatic carbocycles. The first kappa shape index (κ1) is 21.0. The first-order valence-corrected chi connectivity index (χ1v) is 8.76. The molecule has 0 saturated carbocycles. The van der Waals surface area contributed by atoms with Gasteiger partial charge in [-0.25, -0.2) is 4.79 Å². The summed E-state index contributed by atoms with van der Waals surface area (Å²) in [4.78, 5) is 37.6. The molecule has 148 valence electrons. The highest BCUT2D eigenvalue weighted by atomic mass is 35.5. The summed E-state index contributed by atoms with van der Waals surface area (Å²) in [5, 5.41) is 22.6. The number of amides is 2. The van der Waals surface area contributed by atoms with E-state index in [0.29, 0.717) is 32.8 Å². The van der Waals surface area contributed by atoms with Gasteiger partial charge in [-0.15, -0.1) is 0 Å². The highest BCUT2D eigenvalue weighted by Gasteiger charge is 2.22. The monoisotopic (exact) mass is 407 g/mol. The third-order valence-electron chi connectivity index (χ3n) is 3.92. The van der Waals surface area contributed by atoms with E-state index in [1.54, 1.807) is 16.7 Å². The van der Waals surface area contributed by atoms with Gasteiger partial charge in [0.15, 0.2) is 0 Å². The van der Waals surface area contributed by atoms with E-state index in [2.05, 4.69) is 5.32 Å². The number of hydrogen-bond donors (Lipinski definition) is 1. The molecule has 10 nitrogen and oxygen atoms in total. The molecular weight excluding hydrogens is 390 g/mol. The second-order valence-corrected chi connectivity index (χ2v) is 6.16. The van der Waals surface area contributed by atoms with Crippen molar-refractivity contribution in [1.82, 2.24) is 9.80 Å². The third kappa shape index (κ3) is 5.34. The zero-order chi connectivity index (χ0) is 20.7. The van der Waals surface area contributed by atoms with Crippen molar-refractivity contribution < 1.29 is 19.2 Å². The number of piperazine rings is 1. The lowest BCUT2D eigenvalue weighted by atomic mass is 10.2. The van der Waals surface area contributed by atoms with Gasteiger partial charge in [-0.2, -0.15) is 5.26 Å². The number of nitro benzene ring substituents is 1. The number of ether oxygens (including phenoxy) is 1. The van der Waals surface area contributed by atoms with Gasteiger partial charge in [0, 0.05) is 44.1 Å². The van der Waals surface area contributed by atoms with E-state index in [0.717, 1.165) is 6.07 Å². The summed E-state index contributed by atoms with van der Waals surface area (Å²) in [6, 6.07) is 5.63. The fourth-order valence-electron chi connectivity index (χ4n) is 2.50. The lowest BCUT2D eigenvalue weighted by Gasteiger charge is -2.33. The highest BCUT2D eigenvalue weighted by molar-refractivity contribution is 6.32. The Bertz CT molecular complexity index is 843. The van der Waals surface area contributed by atoms with Crippen LogP contribution in [0.1, 0.15) is 6.92 Å². The molecule has 0 atom stereocenters. The Balaban J connectivity index is 2.02. The summed E-state index contributed by atoms with van der Waals surface area (Å²) in [6.07, 6.45) is 1.01. The molecule has 1 aliphatic heterocycles. The third-order valence-corrected chi connectivity index (χ3v) is 4.24. The Morgan fingerprint density at radius 2 is 2.07 bits per heavy atom. The minimum Gasteiger partial charge on any atom is -0.450 e. The number of nitrogens with zero attached hydrogens (tertiary/aromatic N) is 4. The Kier molecular flexibility index (Phi) is 7.17. The average molecular weight is 408 g/mol. The van der Waals surface area contributed by atoms with E-state index in [4.69, 9.17) is 16.3 Å². The van der Waals surface area contributed by atoms with Gasteiger partial charge < -0.3 is 19.9 Å². The molecule has 1 aliphatic rings. The van der Waals surface area contributed by atoms with Gasteiger partial charge >= 0.3 is 6.09 Å². The second-order valence-electron chi connectivity index (χ2n) is 5.75. The van der Waals surface area contributed by atoms with Crippen LogP contribution in [0.15, 0.2) is 30.0 Å². The molecule has 1 saturated heterocycles. The van der Waals surface area contributed by atoms with Gasteiger partial charge in [0.05, 0.1) is 11.5 Å². The molecule has 1 aromatic carbocycles. The summed E-state index contributed by atoms with van der Waals surface area (Å²) in [5.74, 6) is -0.702. The van der Waals surface area contributed by atoms with Crippen LogP contribution in [0.25, 0.3) is 0 Å². The Morgan fingerprint density at radius 1 is 1.39 bits per heavy atom. The Labute approximate surface area is 166 Å². The predicted octanol–water partition coefficient (Wildman–Crippen LogP) is 2.37. The predicted molar refractivity (Wildman–Crippen MR) is 101 cm³/mol. The van der Waals surface area contributed by atoms with E-state index in [1.807, 2.05) is 6.07 Å². The van der Waals surface area contributed by atoms with Crippen molar-refractivity contribution in [2.45, 2.75) is 6.92 Å². The molecule has 0 spiro atoms. The molecule has 11 heteroatoms. The van der Waals surface area contributed by atoms with Crippen LogP contribution in [0.3, 0.4) is 0 Å². The van der Waals surface area contributed by atoms with Gasteiger partial charge in [0.1, 0.15) is 16.7 Å². The summed E-state index contributed by atoms with van der Waals surface area (Å²) in [5.41, 5.74) is -0.367. The van der Waals surface area contributed by atoms with Crippen molar-refractivity contribution >= 4 is 35.0 Å². The minimum absolute atomic E-state index is 0.0569. The fourth-order valence-corrected chi connectivity index (χ4v) is 2.68. The number of benzene rings is 1. The molecule has 1 fully saturated rings. The maximum absolute atomic E-state index is 12.3. The van der Waals surface area contributed by atoms with Crippen LogP contribution in [0.4, 0.5) is 16.2 Å². The quantitative estimate of drug-likeness (QED) is 0.343. The molecular formula is C17H18ClN5O5. The van der Waals surface area contributed by atoms with Crippen molar-refractivity contribution in [2.75, 3.05) is 38.1 Å². The summed E-state index contributed by atoms with van der Waals surface area (Å²) >= 11 is 5.74. The maximum Gasteiger partial charge on any atom is 0.409 e. The van der Waals surface area contributed by atoms with Crippen molar-refractivity contribution in [3.8, 4) is 6.07 Å². The van der Waals surface area contributed by atoms with E-state index in [9.17, 15) is 25.0 Å². The molecule has 1 aromatic rings. The molecule has 1 heterocycles. The van der Waals surface area contributed by atoms with E-state index < -0.39 is 16.9 Å². The van der Waals surface area contributed by atoms with Crippen LogP contribution >= 0.6 is 11.6 Å². The van der Waals surface area contributed by atoms with Gasteiger partial charge in [-0.05, 0) is 19.1 Å². The van der Waals surface area contributed by atoms with Crippen LogP contribution in [-0.2, 0) is 9.53 Å². The van der Waals surface area contributed by atoms with Crippen molar-refractivity contribution in [3.05, 3.63) is 45.1 Å². The lowest BCUT2D eigenvalue weighted by Crippen LogP contribution is -2.47. The van der Waals surface area contributed by atoms with Crippen LogP contribution in [-0.4, -0.2) is 59.5 Å². The standard InChI is InChI=1S/C17H18ClN5O5/c1-2-28-17(25)22-7-5-21(6-8-22)11-12(10-19)16(24)20-13-3-4-14(18)15(9-13)23(26)27/h3-4,9,11H,2,5-8H2,1H3,(H,20,24)/b12-11-. The first-order chi connectivity index (χ1) is 13.3. The molecule has 28 heavy (non-hydrogen) atoms. The lowest BCUT2D eigenvalue weighted by molar-refractivity contribution is -0.384. The number of carbonyl (C=O) groups excluding carboxylic acids is 2. The van der Waals surface area contributed by atoms with E-state index in [1.165, 1.54) is 18.3 Å². The summed E-state index contributed by atoms with van der Waals surface area (Å²) in [6.45, 7) is 3.69. The number of nitriles is 1.